The van der Waals surface area contributed by atoms with E-state index in [0.29, 0.717) is 31.6 Å². The molecule has 92 valence electrons. The van der Waals surface area contributed by atoms with E-state index in [1.807, 2.05) is 6.92 Å². The second-order valence-corrected chi connectivity index (χ2v) is 4.34. The number of piperidine rings is 1. The summed E-state index contributed by atoms with van der Waals surface area (Å²) in [5.74, 6) is -0.445. The highest BCUT2D eigenvalue weighted by Gasteiger charge is 2.27. The number of nitrogens with zero attached hydrogens (tertiary/aromatic N) is 2. The summed E-state index contributed by atoms with van der Waals surface area (Å²) in [5.41, 5.74) is 6.48. The van der Waals surface area contributed by atoms with E-state index in [4.69, 9.17) is 5.73 Å². The van der Waals surface area contributed by atoms with Gasteiger partial charge < -0.3 is 15.6 Å². The molecule has 0 atom stereocenters. The number of primary amides is 1. The molecule has 1 aromatic heterocycles. The average molecular weight is 236 g/mol. The van der Waals surface area contributed by atoms with Gasteiger partial charge in [0.2, 0.25) is 5.91 Å². The van der Waals surface area contributed by atoms with Gasteiger partial charge in [0.1, 0.15) is 5.69 Å². The van der Waals surface area contributed by atoms with Crippen LogP contribution in [0.25, 0.3) is 0 Å². The van der Waals surface area contributed by atoms with Crippen LogP contribution >= 0.6 is 0 Å². The lowest BCUT2D eigenvalue weighted by Gasteiger charge is -2.30. The fourth-order valence-electron chi connectivity index (χ4n) is 2.09. The first-order valence-electron chi connectivity index (χ1n) is 5.68. The number of likely N-dealkylation sites (tertiary alicyclic amines) is 1. The van der Waals surface area contributed by atoms with Crippen LogP contribution in [-0.2, 0) is 4.79 Å². The molecule has 0 aromatic carbocycles. The van der Waals surface area contributed by atoms with Crippen LogP contribution in [0.15, 0.2) is 6.33 Å². The molecule has 0 unspecified atom stereocenters. The van der Waals surface area contributed by atoms with Gasteiger partial charge in [-0.25, -0.2) is 4.98 Å². The summed E-state index contributed by atoms with van der Waals surface area (Å²) in [6.45, 7) is 2.95. The smallest absolute Gasteiger partial charge is 0.274 e. The van der Waals surface area contributed by atoms with Gasteiger partial charge in [-0.3, -0.25) is 9.59 Å². The van der Waals surface area contributed by atoms with Gasteiger partial charge in [-0.05, 0) is 19.8 Å². The van der Waals surface area contributed by atoms with Gasteiger partial charge in [0.25, 0.3) is 5.91 Å². The van der Waals surface area contributed by atoms with Crippen LogP contribution in [0.5, 0.6) is 0 Å². The molecule has 3 N–H and O–H groups in total. The summed E-state index contributed by atoms with van der Waals surface area (Å²) in [4.78, 5) is 31.7. The molecule has 17 heavy (non-hydrogen) atoms. The van der Waals surface area contributed by atoms with Crippen LogP contribution in [0.4, 0.5) is 0 Å². The Bertz CT molecular complexity index is 432. The number of carbonyl (C=O) groups is 2. The second-order valence-electron chi connectivity index (χ2n) is 4.34. The Labute approximate surface area is 99.2 Å². The Morgan fingerprint density at radius 3 is 2.59 bits per heavy atom. The van der Waals surface area contributed by atoms with Gasteiger partial charge in [0, 0.05) is 24.7 Å². The molecule has 0 radical (unpaired) electrons. The maximum atomic E-state index is 12.1. The fourth-order valence-corrected chi connectivity index (χ4v) is 2.09. The molecule has 1 saturated heterocycles. The van der Waals surface area contributed by atoms with Gasteiger partial charge in [-0.1, -0.05) is 0 Å². The van der Waals surface area contributed by atoms with Crippen molar-refractivity contribution in [2.24, 2.45) is 11.7 Å². The van der Waals surface area contributed by atoms with Gasteiger partial charge in [-0.15, -0.1) is 0 Å². The number of H-pyrrole nitrogens is 1. The van der Waals surface area contributed by atoms with E-state index in [-0.39, 0.29) is 17.7 Å². The lowest BCUT2D eigenvalue weighted by molar-refractivity contribution is -0.123. The van der Waals surface area contributed by atoms with Crippen molar-refractivity contribution in [2.75, 3.05) is 13.1 Å². The number of rotatable bonds is 2. The van der Waals surface area contributed by atoms with Crippen LogP contribution in [0.2, 0.25) is 0 Å². The molecule has 1 fully saturated rings. The number of hydrogen-bond acceptors (Lipinski definition) is 3. The molecule has 2 amide bonds. The van der Waals surface area contributed by atoms with Crippen molar-refractivity contribution in [1.29, 1.82) is 0 Å². The average Bonchev–Trinajstić information content (AvgIpc) is 2.74. The number of imidazole rings is 1. The molecular weight excluding hydrogens is 220 g/mol. The standard InChI is InChI=1S/C11H16N4O2/c1-7-9(14-6-13-7)11(17)15-4-2-8(3-5-15)10(12)16/h6,8H,2-5H2,1H3,(H2,12,16)(H,13,14). The van der Waals surface area contributed by atoms with Crippen LogP contribution in [-0.4, -0.2) is 39.8 Å². The van der Waals surface area contributed by atoms with E-state index >= 15 is 0 Å². The number of aromatic nitrogens is 2. The normalized spacial score (nSPS) is 17.1. The largest absolute Gasteiger partial charge is 0.369 e. The zero-order valence-corrected chi connectivity index (χ0v) is 9.77. The number of aromatic amines is 1. The first-order chi connectivity index (χ1) is 8.09. The summed E-state index contributed by atoms with van der Waals surface area (Å²) in [5, 5.41) is 0. The van der Waals surface area contributed by atoms with Crippen molar-refractivity contribution in [1.82, 2.24) is 14.9 Å². The number of nitrogens with two attached hydrogens (primary N) is 1. The van der Waals surface area contributed by atoms with Crippen molar-refractivity contribution in [2.45, 2.75) is 19.8 Å². The van der Waals surface area contributed by atoms with Crippen LogP contribution in [0, 0.1) is 12.8 Å². The third-order valence-electron chi connectivity index (χ3n) is 3.22. The molecule has 2 heterocycles. The van der Waals surface area contributed by atoms with Crippen LogP contribution < -0.4 is 5.73 Å². The number of carbonyl (C=O) groups excluding carboxylic acids is 2. The minimum atomic E-state index is -0.270. The van der Waals surface area contributed by atoms with E-state index in [1.54, 1.807) is 4.90 Å². The Balaban J connectivity index is 2.00. The molecule has 0 saturated carbocycles. The molecule has 6 heteroatoms. The minimum Gasteiger partial charge on any atom is -0.369 e. The van der Waals surface area contributed by atoms with Gasteiger partial charge in [-0.2, -0.15) is 0 Å². The molecule has 0 bridgehead atoms. The van der Waals surface area contributed by atoms with Crippen LogP contribution in [0.1, 0.15) is 29.0 Å². The second kappa shape index (κ2) is 4.57. The van der Waals surface area contributed by atoms with Crippen LogP contribution in [0.3, 0.4) is 0 Å². The third-order valence-corrected chi connectivity index (χ3v) is 3.22. The number of aryl methyl sites for hydroxylation is 1. The summed E-state index contributed by atoms with van der Waals surface area (Å²) in [6, 6.07) is 0. The predicted molar refractivity (Wildman–Crippen MR) is 61.1 cm³/mol. The summed E-state index contributed by atoms with van der Waals surface area (Å²) >= 11 is 0. The number of amides is 2. The highest BCUT2D eigenvalue weighted by Crippen LogP contribution is 2.18. The molecule has 1 aromatic rings. The third kappa shape index (κ3) is 2.30. The summed E-state index contributed by atoms with van der Waals surface area (Å²) < 4.78 is 0. The molecule has 0 aliphatic carbocycles. The Kier molecular flexibility index (Phi) is 3.12. The summed E-state index contributed by atoms with van der Waals surface area (Å²) in [6.07, 6.45) is 2.80. The molecule has 1 aliphatic heterocycles. The highest BCUT2D eigenvalue weighted by atomic mass is 16.2. The SMILES string of the molecule is Cc1[nH]cnc1C(=O)N1CCC(C(N)=O)CC1. The minimum absolute atomic E-state index is 0.0772. The molecule has 2 rings (SSSR count). The molecule has 1 aliphatic rings. The van der Waals surface area contributed by atoms with Gasteiger partial charge >= 0.3 is 0 Å². The van der Waals surface area contributed by atoms with Crippen molar-refractivity contribution < 1.29 is 9.59 Å². The monoisotopic (exact) mass is 236 g/mol. The highest BCUT2D eigenvalue weighted by molar-refractivity contribution is 5.93. The molecular formula is C11H16N4O2. The van der Waals surface area contributed by atoms with Gasteiger partial charge in [0.15, 0.2) is 0 Å². The number of hydrogen-bond donors (Lipinski definition) is 2. The van der Waals surface area contributed by atoms with E-state index in [0.717, 1.165) is 5.69 Å². The molecule has 0 spiro atoms. The quantitative estimate of drug-likeness (QED) is 0.760. The Morgan fingerprint density at radius 1 is 1.47 bits per heavy atom. The van der Waals surface area contributed by atoms with E-state index < -0.39 is 0 Å². The van der Waals surface area contributed by atoms with Crippen molar-refractivity contribution in [3.8, 4) is 0 Å². The summed E-state index contributed by atoms with van der Waals surface area (Å²) in [7, 11) is 0. The Hall–Kier alpha value is -1.85. The lowest BCUT2D eigenvalue weighted by Crippen LogP contribution is -2.42. The van der Waals surface area contributed by atoms with Crippen molar-refractivity contribution in [3.63, 3.8) is 0 Å². The maximum absolute atomic E-state index is 12.1. The topological polar surface area (TPSA) is 92.1 Å². The van der Waals surface area contributed by atoms with Gasteiger partial charge in [0.05, 0.1) is 6.33 Å². The lowest BCUT2D eigenvalue weighted by atomic mass is 9.96. The maximum Gasteiger partial charge on any atom is 0.274 e. The molecule has 6 nitrogen and oxygen atoms in total. The van der Waals surface area contributed by atoms with E-state index in [1.165, 1.54) is 6.33 Å². The number of nitrogens with one attached hydrogen (secondary N) is 1. The van der Waals surface area contributed by atoms with E-state index in [2.05, 4.69) is 9.97 Å². The zero-order chi connectivity index (χ0) is 12.4. The zero-order valence-electron chi connectivity index (χ0n) is 9.77. The van der Waals surface area contributed by atoms with Crippen molar-refractivity contribution in [3.05, 3.63) is 17.7 Å². The first-order valence-corrected chi connectivity index (χ1v) is 5.68. The van der Waals surface area contributed by atoms with E-state index in [9.17, 15) is 9.59 Å². The van der Waals surface area contributed by atoms with Crippen molar-refractivity contribution >= 4 is 11.8 Å². The Morgan fingerprint density at radius 2 is 2.12 bits per heavy atom. The predicted octanol–water partition coefficient (Wildman–Crippen LogP) is 0.0556. The first kappa shape index (κ1) is 11.6. The fraction of sp³-hybridized carbons (Fsp3) is 0.545.